The van der Waals surface area contributed by atoms with E-state index in [1.54, 1.807) is 12.1 Å². The number of nitrogens with one attached hydrogen (secondary N) is 2. The van der Waals surface area contributed by atoms with Crippen LogP contribution in [0.25, 0.3) is 0 Å². The van der Waals surface area contributed by atoms with E-state index in [0.717, 1.165) is 44.7 Å². The predicted molar refractivity (Wildman–Crippen MR) is 87.7 cm³/mol. The molecule has 5 nitrogen and oxygen atoms in total. The first-order chi connectivity index (χ1) is 10.8. The van der Waals surface area contributed by atoms with E-state index >= 15 is 0 Å². The molecule has 0 saturated carbocycles. The number of benzene rings is 1. The summed E-state index contributed by atoms with van der Waals surface area (Å²) in [5.74, 6) is 0.327. The summed E-state index contributed by atoms with van der Waals surface area (Å²) < 4.78 is 0. The Bertz CT molecular complexity index is 459. The lowest BCUT2D eigenvalue weighted by Gasteiger charge is -2.27. The summed E-state index contributed by atoms with van der Waals surface area (Å²) in [6, 6.07) is 7.18. The van der Waals surface area contributed by atoms with Crippen LogP contribution in [-0.2, 0) is 11.2 Å². The molecule has 22 heavy (non-hydrogen) atoms. The number of nitrogens with zero attached hydrogens (tertiary/aromatic N) is 1. The fourth-order valence-corrected chi connectivity index (χ4v) is 2.68. The lowest BCUT2D eigenvalue weighted by molar-refractivity contribution is -0.121. The van der Waals surface area contributed by atoms with Gasteiger partial charge in [0.2, 0.25) is 5.91 Å². The highest BCUT2D eigenvalue weighted by Crippen LogP contribution is 2.16. The molecular formula is C17H27N3O2. The third kappa shape index (κ3) is 6.03. The molecule has 1 amide bonds. The Morgan fingerprint density at radius 1 is 1.32 bits per heavy atom. The van der Waals surface area contributed by atoms with Gasteiger partial charge in [0.1, 0.15) is 5.75 Å². The fourth-order valence-electron chi connectivity index (χ4n) is 2.68. The highest BCUT2D eigenvalue weighted by Gasteiger charge is 2.08. The van der Waals surface area contributed by atoms with E-state index in [0.29, 0.717) is 12.8 Å². The number of unbranched alkanes of at least 4 members (excludes halogenated alkanes) is 1. The van der Waals surface area contributed by atoms with E-state index in [2.05, 4.69) is 15.5 Å². The summed E-state index contributed by atoms with van der Waals surface area (Å²) in [5, 5.41) is 16.0. The van der Waals surface area contributed by atoms with Crippen LogP contribution in [0.15, 0.2) is 24.3 Å². The van der Waals surface area contributed by atoms with E-state index in [9.17, 15) is 9.90 Å². The molecule has 5 heteroatoms. The van der Waals surface area contributed by atoms with Crippen LogP contribution >= 0.6 is 0 Å². The summed E-state index contributed by atoms with van der Waals surface area (Å²) in [5.41, 5.74) is 0.829. The molecule has 0 bridgehead atoms. The number of amides is 1. The highest BCUT2D eigenvalue weighted by molar-refractivity contribution is 5.76. The van der Waals surface area contributed by atoms with Crippen molar-refractivity contribution in [3.8, 4) is 5.75 Å². The molecule has 0 aliphatic carbocycles. The number of hydrogen-bond donors (Lipinski definition) is 3. The summed E-state index contributed by atoms with van der Waals surface area (Å²) in [6.45, 7) is 5.14. The number of hydrogen-bond acceptors (Lipinski definition) is 4. The number of phenols is 1. The van der Waals surface area contributed by atoms with E-state index in [1.807, 2.05) is 12.1 Å². The Kier molecular flexibility index (Phi) is 7.19. The van der Waals surface area contributed by atoms with Gasteiger partial charge in [-0.2, -0.15) is 0 Å². The van der Waals surface area contributed by atoms with Gasteiger partial charge in [-0.25, -0.2) is 0 Å². The van der Waals surface area contributed by atoms with Gasteiger partial charge in [-0.3, -0.25) is 9.69 Å². The van der Waals surface area contributed by atoms with Crippen LogP contribution in [0.3, 0.4) is 0 Å². The standard InChI is InChI=1S/C17H27N3O2/c21-16-7-2-1-6-15(16)8-9-17(22)19-11-3-4-12-20-13-5-10-18-14-20/h1-2,6-7,18,21H,3-5,8-14H2,(H,19,22). The average molecular weight is 305 g/mol. The zero-order valence-electron chi connectivity index (χ0n) is 13.2. The molecule has 1 aromatic rings. The Morgan fingerprint density at radius 3 is 2.95 bits per heavy atom. The zero-order chi connectivity index (χ0) is 15.6. The Labute approximate surface area is 132 Å². The van der Waals surface area contributed by atoms with Crippen LogP contribution in [-0.4, -0.2) is 48.8 Å². The van der Waals surface area contributed by atoms with Crippen molar-refractivity contribution < 1.29 is 9.90 Å². The Hall–Kier alpha value is -1.59. The molecule has 1 heterocycles. The number of aromatic hydroxyl groups is 1. The number of phenolic OH excluding ortho intramolecular Hbond substituents is 1. The number of rotatable bonds is 8. The van der Waals surface area contributed by atoms with Gasteiger partial charge in [-0.1, -0.05) is 18.2 Å². The number of carbonyl (C=O) groups is 1. The average Bonchev–Trinajstić information content (AvgIpc) is 2.55. The van der Waals surface area contributed by atoms with E-state index in [4.69, 9.17) is 0 Å². The van der Waals surface area contributed by atoms with Crippen LogP contribution in [0, 0.1) is 0 Å². The molecule has 0 atom stereocenters. The minimum Gasteiger partial charge on any atom is -0.508 e. The molecular weight excluding hydrogens is 278 g/mol. The van der Waals surface area contributed by atoms with Crippen molar-refractivity contribution in [3.05, 3.63) is 29.8 Å². The maximum absolute atomic E-state index is 11.8. The van der Waals surface area contributed by atoms with Crippen LogP contribution in [0.2, 0.25) is 0 Å². The molecule has 0 unspecified atom stereocenters. The van der Waals surface area contributed by atoms with Crippen LogP contribution in [0.5, 0.6) is 5.75 Å². The number of aryl methyl sites for hydroxylation is 1. The van der Waals surface area contributed by atoms with E-state index in [-0.39, 0.29) is 11.7 Å². The molecule has 1 fully saturated rings. The second-order valence-corrected chi connectivity index (χ2v) is 5.82. The third-order valence-corrected chi connectivity index (χ3v) is 4.00. The van der Waals surface area contributed by atoms with Gasteiger partial charge in [0, 0.05) is 26.2 Å². The van der Waals surface area contributed by atoms with Gasteiger partial charge in [-0.05, 0) is 50.4 Å². The summed E-state index contributed by atoms with van der Waals surface area (Å²) in [4.78, 5) is 14.2. The molecule has 0 radical (unpaired) electrons. The van der Waals surface area contributed by atoms with Crippen LogP contribution in [0.1, 0.15) is 31.2 Å². The highest BCUT2D eigenvalue weighted by atomic mass is 16.3. The van der Waals surface area contributed by atoms with E-state index < -0.39 is 0 Å². The largest absolute Gasteiger partial charge is 0.508 e. The second-order valence-electron chi connectivity index (χ2n) is 5.82. The number of para-hydroxylation sites is 1. The van der Waals surface area contributed by atoms with Crippen molar-refractivity contribution in [3.63, 3.8) is 0 Å². The Morgan fingerprint density at radius 2 is 2.18 bits per heavy atom. The number of carbonyl (C=O) groups excluding carboxylic acids is 1. The lowest BCUT2D eigenvalue weighted by atomic mass is 10.1. The smallest absolute Gasteiger partial charge is 0.220 e. The molecule has 0 aromatic heterocycles. The summed E-state index contributed by atoms with van der Waals surface area (Å²) in [6.07, 6.45) is 4.36. The fraction of sp³-hybridized carbons (Fsp3) is 0.588. The first-order valence-corrected chi connectivity index (χ1v) is 8.22. The van der Waals surface area contributed by atoms with Crippen LogP contribution in [0.4, 0.5) is 0 Å². The monoisotopic (exact) mass is 305 g/mol. The third-order valence-electron chi connectivity index (χ3n) is 4.00. The van der Waals surface area contributed by atoms with Crippen molar-refractivity contribution >= 4 is 5.91 Å². The second kappa shape index (κ2) is 9.43. The molecule has 3 N–H and O–H groups in total. The Balaban J connectivity index is 1.51. The van der Waals surface area contributed by atoms with Gasteiger partial charge in [-0.15, -0.1) is 0 Å². The minimum absolute atomic E-state index is 0.0582. The maximum Gasteiger partial charge on any atom is 0.220 e. The normalized spacial score (nSPS) is 15.6. The first kappa shape index (κ1) is 16.8. The SMILES string of the molecule is O=C(CCc1ccccc1O)NCCCCN1CCCNC1. The van der Waals surface area contributed by atoms with Gasteiger partial charge in [0.25, 0.3) is 0 Å². The molecule has 122 valence electrons. The molecule has 1 aliphatic rings. The van der Waals surface area contributed by atoms with Gasteiger partial charge in [0.05, 0.1) is 0 Å². The van der Waals surface area contributed by atoms with Gasteiger partial charge >= 0.3 is 0 Å². The van der Waals surface area contributed by atoms with Crippen LogP contribution < -0.4 is 10.6 Å². The van der Waals surface area contributed by atoms with Crippen molar-refractivity contribution in [1.82, 2.24) is 15.5 Å². The first-order valence-electron chi connectivity index (χ1n) is 8.22. The predicted octanol–water partition coefficient (Wildman–Crippen LogP) is 1.47. The molecule has 1 saturated heterocycles. The van der Waals surface area contributed by atoms with Crippen molar-refractivity contribution in [2.24, 2.45) is 0 Å². The van der Waals surface area contributed by atoms with Crippen molar-refractivity contribution in [2.45, 2.75) is 32.1 Å². The topological polar surface area (TPSA) is 64.6 Å². The van der Waals surface area contributed by atoms with Crippen molar-refractivity contribution in [2.75, 3.05) is 32.8 Å². The molecule has 2 rings (SSSR count). The van der Waals surface area contributed by atoms with E-state index in [1.165, 1.54) is 13.0 Å². The molecule has 1 aromatic carbocycles. The lowest BCUT2D eigenvalue weighted by Crippen LogP contribution is -2.42. The quantitative estimate of drug-likeness (QED) is 0.637. The summed E-state index contributed by atoms with van der Waals surface area (Å²) >= 11 is 0. The molecule has 1 aliphatic heterocycles. The summed E-state index contributed by atoms with van der Waals surface area (Å²) in [7, 11) is 0. The maximum atomic E-state index is 11.8. The van der Waals surface area contributed by atoms with Crippen molar-refractivity contribution in [1.29, 1.82) is 0 Å². The molecule has 0 spiro atoms. The van der Waals surface area contributed by atoms with Gasteiger partial charge < -0.3 is 15.7 Å². The van der Waals surface area contributed by atoms with Gasteiger partial charge in [0.15, 0.2) is 0 Å². The zero-order valence-corrected chi connectivity index (χ0v) is 13.2. The minimum atomic E-state index is 0.0582.